The van der Waals surface area contributed by atoms with E-state index in [1.54, 1.807) is 20.8 Å². The first-order valence-corrected chi connectivity index (χ1v) is 15.7. The van der Waals surface area contributed by atoms with Gasteiger partial charge in [0.25, 0.3) is 5.91 Å². The minimum Gasteiger partial charge on any atom is -0.444 e. The van der Waals surface area contributed by atoms with Crippen molar-refractivity contribution in [1.29, 1.82) is 0 Å². The van der Waals surface area contributed by atoms with E-state index in [9.17, 15) is 19.5 Å². The number of hydrogen-bond acceptors (Lipinski definition) is 5. The molecule has 2 unspecified atom stereocenters. The Morgan fingerprint density at radius 2 is 1.57 bits per heavy atom. The Morgan fingerprint density at radius 1 is 0.886 bits per heavy atom. The van der Waals surface area contributed by atoms with E-state index in [1.807, 2.05) is 74.5 Å². The number of aliphatic hydroxyl groups excluding tert-OH is 1. The fourth-order valence-electron chi connectivity index (χ4n) is 5.25. The van der Waals surface area contributed by atoms with E-state index in [-0.39, 0.29) is 12.5 Å². The van der Waals surface area contributed by atoms with Crippen LogP contribution in [0.2, 0.25) is 0 Å². The monoisotopic (exact) mass is 603 g/mol. The normalized spacial score (nSPS) is 12.8. The molecule has 0 aliphatic carbocycles. The van der Waals surface area contributed by atoms with Gasteiger partial charge in [-0.3, -0.25) is 9.59 Å². The van der Waals surface area contributed by atoms with Crippen LogP contribution in [0.4, 0.5) is 10.5 Å². The quantitative estimate of drug-likeness (QED) is 0.169. The maximum atomic E-state index is 14.3. The number of aliphatic hydroxyl groups is 1. The first kappa shape index (κ1) is 34.6. The molecule has 0 radical (unpaired) electrons. The lowest BCUT2D eigenvalue weighted by Crippen LogP contribution is -2.54. The van der Waals surface area contributed by atoms with Crippen LogP contribution in [-0.2, 0) is 14.3 Å². The minimum atomic E-state index is -1.29. The predicted molar refractivity (Wildman–Crippen MR) is 177 cm³/mol. The van der Waals surface area contributed by atoms with Crippen molar-refractivity contribution in [3.05, 3.63) is 77.4 Å². The molecule has 3 aromatic carbocycles. The van der Waals surface area contributed by atoms with E-state index >= 15 is 0 Å². The van der Waals surface area contributed by atoms with Crippen LogP contribution >= 0.6 is 0 Å². The molecule has 0 saturated carbocycles. The molecule has 0 aromatic heterocycles. The molecular formula is C36H49N3O5. The van der Waals surface area contributed by atoms with E-state index in [4.69, 9.17) is 4.74 Å². The van der Waals surface area contributed by atoms with E-state index in [0.29, 0.717) is 17.7 Å². The van der Waals surface area contributed by atoms with Crippen molar-refractivity contribution < 1.29 is 24.2 Å². The maximum Gasteiger partial charge on any atom is 0.408 e. The number of nitrogens with zero attached hydrogens (tertiary/aromatic N) is 1. The third kappa shape index (κ3) is 10.1. The van der Waals surface area contributed by atoms with Crippen LogP contribution in [0.3, 0.4) is 0 Å². The van der Waals surface area contributed by atoms with Gasteiger partial charge in [0.1, 0.15) is 17.7 Å². The van der Waals surface area contributed by atoms with Crippen molar-refractivity contribution in [3.8, 4) is 0 Å². The summed E-state index contributed by atoms with van der Waals surface area (Å²) in [4.78, 5) is 42.6. The van der Waals surface area contributed by atoms with Crippen molar-refractivity contribution in [2.75, 3.05) is 18.5 Å². The Kier molecular flexibility index (Phi) is 12.8. The zero-order valence-corrected chi connectivity index (χ0v) is 27.1. The van der Waals surface area contributed by atoms with Gasteiger partial charge in [0.15, 0.2) is 0 Å². The highest BCUT2D eigenvalue weighted by Crippen LogP contribution is 2.29. The molecular weight excluding hydrogens is 554 g/mol. The SMILES string of the molecule is CCCCCCCCN(C(=O)C(CO)NC(=O)OC(C)(C)C)C(C(=O)Nc1ccc2ccccc2c1)c1cc(C)ccc1C. The van der Waals surface area contributed by atoms with Gasteiger partial charge in [-0.2, -0.15) is 0 Å². The zero-order valence-electron chi connectivity index (χ0n) is 27.1. The number of anilines is 1. The molecule has 44 heavy (non-hydrogen) atoms. The largest absolute Gasteiger partial charge is 0.444 e. The van der Waals surface area contributed by atoms with Gasteiger partial charge in [-0.25, -0.2) is 4.79 Å². The number of aryl methyl sites for hydroxylation is 2. The smallest absolute Gasteiger partial charge is 0.408 e. The highest BCUT2D eigenvalue weighted by molar-refractivity contribution is 6.00. The maximum absolute atomic E-state index is 14.3. The summed E-state index contributed by atoms with van der Waals surface area (Å²) < 4.78 is 5.37. The summed E-state index contributed by atoms with van der Waals surface area (Å²) in [7, 11) is 0. The van der Waals surface area contributed by atoms with Gasteiger partial charge in [-0.1, -0.05) is 93.1 Å². The number of benzene rings is 3. The second-order valence-electron chi connectivity index (χ2n) is 12.5. The third-order valence-electron chi connectivity index (χ3n) is 7.51. The second kappa shape index (κ2) is 16.2. The lowest BCUT2D eigenvalue weighted by molar-refractivity contribution is -0.141. The number of carbonyl (C=O) groups is 3. The topological polar surface area (TPSA) is 108 Å². The Bertz CT molecular complexity index is 1410. The summed E-state index contributed by atoms with van der Waals surface area (Å²) in [5.74, 6) is -0.922. The number of nitrogens with one attached hydrogen (secondary N) is 2. The summed E-state index contributed by atoms with van der Waals surface area (Å²) in [5, 5.41) is 17.9. The average molecular weight is 604 g/mol. The van der Waals surface area contributed by atoms with Crippen molar-refractivity contribution in [2.45, 2.75) is 97.8 Å². The van der Waals surface area contributed by atoms with Crippen LogP contribution in [0.5, 0.6) is 0 Å². The first-order valence-electron chi connectivity index (χ1n) is 15.7. The lowest BCUT2D eigenvalue weighted by atomic mass is 9.95. The molecule has 0 saturated heterocycles. The minimum absolute atomic E-state index is 0.278. The fourth-order valence-corrected chi connectivity index (χ4v) is 5.25. The third-order valence-corrected chi connectivity index (χ3v) is 7.51. The predicted octanol–water partition coefficient (Wildman–Crippen LogP) is 7.21. The van der Waals surface area contributed by atoms with Gasteiger partial charge in [-0.15, -0.1) is 0 Å². The molecule has 2 atom stereocenters. The number of unbranched alkanes of at least 4 members (excludes halogenated alkanes) is 5. The molecule has 0 aliphatic rings. The summed E-state index contributed by atoms with van der Waals surface area (Å²) >= 11 is 0. The fraction of sp³-hybridized carbons (Fsp3) is 0.472. The van der Waals surface area contributed by atoms with E-state index in [1.165, 1.54) is 4.90 Å². The Hall–Kier alpha value is -3.91. The molecule has 0 fully saturated rings. The van der Waals surface area contributed by atoms with Gasteiger partial charge in [-0.05, 0) is 75.1 Å². The summed E-state index contributed by atoms with van der Waals surface area (Å²) in [6, 6.07) is 17.2. The molecule has 0 heterocycles. The second-order valence-corrected chi connectivity index (χ2v) is 12.5. The highest BCUT2D eigenvalue weighted by Gasteiger charge is 2.36. The number of hydrogen-bond donors (Lipinski definition) is 3. The Morgan fingerprint density at radius 3 is 2.25 bits per heavy atom. The molecule has 238 valence electrons. The average Bonchev–Trinajstić information content (AvgIpc) is 2.97. The molecule has 0 aliphatic heterocycles. The van der Waals surface area contributed by atoms with Crippen molar-refractivity contribution in [1.82, 2.24) is 10.2 Å². The van der Waals surface area contributed by atoms with Crippen molar-refractivity contribution in [3.63, 3.8) is 0 Å². The van der Waals surface area contributed by atoms with Crippen molar-refractivity contribution >= 4 is 34.4 Å². The van der Waals surface area contributed by atoms with Crippen LogP contribution in [0.25, 0.3) is 10.8 Å². The van der Waals surface area contributed by atoms with Crippen LogP contribution in [0, 0.1) is 13.8 Å². The Balaban J connectivity index is 2.01. The van der Waals surface area contributed by atoms with Crippen LogP contribution in [0.15, 0.2) is 60.7 Å². The lowest BCUT2D eigenvalue weighted by Gasteiger charge is -2.35. The molecule has 8 heteroatoms. The number of amides is 3. The molecule has 3 amide bonds. The summed E-state index contributed by atoms with van der Waals surface area (Å²) in [6.07, 6.45) is 5.15. The van der Waals surface area contributed by atoms with Gasteiger partial charge >= 0.3 is 6.09 Å². The number of ether oxygens (including phenoxy) is 1. The number of carbonyl (C=O) groups excluding carboxylic acids is 3. The molecule has 8 nitrogen and oxygen atoms in total. The summed E-state index contributed by atoms with van der Waals surface area (Å²) in [5.41, 5.74) is 2.33. The van der Waals surface area contributed by atoms with Crippen LogP contribution < -0.4 is 10.6 Å². The van der Waals surface area contributed by atoms with Crippen molar-refractivity contribution in [2.24, 2.45) is 0 Å². The van der Waals surface area contributed by atoms with Gasteiger partial charge in [0, 0.05) is 12.2 Å². The van der Waals surface area contributed by atoms with Crippen LogP contribution in [0.1, 0.15) is 89.0 Å². The van der Waals surface area contributed by atoms with Gasteiger partial charge in [0.2, 0.25) is 5.91 Å². The molecule has 3 aromatic rings. The molecule has 0 spiro atoms. The number of fused-ring (bicyclic) bond motifs is 1. The number of rotatable bonds is 14. The van der Waals surface area contributed by atoms with E-state index in [0.717, 1.165) is 54.0 Å². The van der Waals surface area contributed by atoms with Crippen LogP contribution in [-0.4, -0.2) is 52.7 Å². The number of alkyl carbamates (subject to hydrolysis) is 1. The molecule has 3 rings (SSSR count). The van der Waals surface area contributed by atoms with Gasteiger partial charge in [0.05, 0.1) is 6.61 Å². The van der Waals surface area contributed by atoms with E-state index in [2.05, 4.69) is 17.6 Å². The summed E-state index contributed by atoms with van der Waals surface area (Å²) in [6.45, 7) is 10.8. The molecule has 3 N–H and O–H groups in total. The standard InChI is InChI=1S/C36H49N3O5/c1-7-8-9-10-11-14-21-39(34(42)31(24-40)38-35(43)44-36(4,5)6)32(30-22-25(2)17-18-26(30)3)33(41)37-29-20-19-27-15-12-13-16-28(27)23-29/h12-13,15-20,22-23,31-32,40H,7-11,14,21,24H2,1-6H3,(H,37,41)(H,38,43). The molecule has 0 bridgehead atoms. The van der Waals surface area contributed by atoms with E-state index < -0.39 is 36.3 Å². The zero-order chi connectivity index (χ0) is 32.3. The van der Waals surface area contributed by atoms with Gasteiger partial charge < -0.3 is 25.4 Å². The first-order chi connectivity index (χ1) is 20.9. The Labute approximate surface area is 262 Å². The highest BCUT2D eigenvalue weighted by atomic mass is 16.6.